The lowest BCUT2D eigenvalue weighted by molar-refractivity contribution is 0.0983. The minimum absolute atomic E-state index is 0. The molecule has 4 rings (SSSR count). The number of likely N-dealkylation sites (N-methyl/N-ethyl adjacent to an activating group) is 1. The molecule has 2 heterocycles. The smallest absolute Gasteiger partial charge is 0.260 e. The fraction of sp³-hybridized carbons (Fsp3) is 0.481. The lowest BCUT2D eigenvalue weighted by Crippen LogP contribution is -2.39. The fourth-order valence-electron chi connectivity index (χ4n) is 4.50. The molecule has 1 aromatic heterocycles. The Balaban J connectivity index is 0.00000400. The number of methoxy groups -OCH3 is 1. The van der Waals surface area contributed by atoms with Crippen LogP contribution in [0.5, 0.6) is 5.75 Å². The van der Waals surface area contributed by atoms with Gasteiger partial charge >= 0.3 is 0 Å². The number of piperidine rings is 1. The van der Waals surface area contributed by atoms with E-state index in [2.05, 4.69) is 25.7 Å². The second-order valence-electron chi connectivity index (χ2n) is 9.42. The summed E-state index contributed by atoms with van der Waals surface area (Å²) >= 11 is 1.46. The van der Waals surface area contributed by atoms with Gasteiger partial charge in [0.05, 0.1) is 22.2 Å². The van der Waals surface area contributed by atoms with Gasteiger partial charge in [0, 0.05) is 37.8 Å². The second-order valence-corrected chi connectivity index (χ2v) is 12.4. The van der Waals surface area contributed by atoms with E-state index in [0.29, 0.717) is 48.5 Å². The standard InChI is InChI=1S/C27H36N4O4S2.ClH/c1-5-29(6-2)17-18-31(27-28-24-19-22(35-4)9-12-25(24)36-27)26(32)21-7-10-23(11-8-21)37(33,34)30-15-13-20(3)14-16-30;/h7-12,19-20H,5-6,13-18H2,1-4H3;1H. The Kier molecular flexibility index (Phi) is 10.5. The molecule has 11 heteroatoms. The quantitative estimate of drug-likeness (QED) is 0.330. The monoisotopic (exact) mass is 580 g/mol. The molecule has 0 spiro atoms. The average molecular weight is 581 g/mol. The Morgan fingerprint density at radius 3 is 2.34 bits per heavy atom. The van der Waals surface area contributed by atoms with Crippen molar-refractivity contribution in [2.75, 3.05) is 51.3 Å². The highest BCUT2D eigenvalue weighted by atomic mass is 35.5. The molecule has 208 valence electrons. The Bertz CT molecular complexity index is 1320. The van der Waals surface area contributed by atoms with Gasteiger partial charge in [-0.1, -0.05) is 32.1 Å². The summed E-state index contributed by atoms with van der Waals surface area (Å²) in [5.41, 5.74) is 1.21. The molecular weight excluding hydrogens is 544 g/mol. The van der Waals surface area contributed by atoms with Crippen LogP contribution < -0.4 is 9.64 Å². The van der Waals surface area contributed by atoms with E-state index in [9.17, 15) is 13.2 Å². The van der Waals surface area contributed by atoms with Gasteiger partial charge in [-0.3, -0.25) is 9.69 Å². The third kappa shape index (κ3) is 6.66. The van der Waals surface area contributed by atoms with Gasteiger partial charge < -0.3 is 9.64 Å². The highest BCUT2D eigenvalue weighted by molar-refractivity contribution is 7.89. The van der Waals surface area contributed by atoms with Gasteiger partial charge in [0.15, 0.2) is 5.13 Å². The lowest BCUT2D eigenvalue weighted by Gasteiger charge is -2.29. The zero-order valence-electron chi connectivity index (χ0n) is 22.4. The zero-order chi connectivity index (χ0) is 26.6. The number of anilines is 1. The van der Waals surface area contributed by atoms with Crippen LogP contribution in [0.4, 0.5) is 5.13 Å². The largest absolute Gasteiger partial charge is 0.497 e. The summed E-state index contributed by atoms with van der Waals surface area (Å²) in [6.45, 7) is 10.4. The first kappa shape index (κ1) is 30.3. The van der Waals surface area contributed by atoms with Crippen molar-refractivity contribution in [1.29, 1.82) is 0 Å². The van der Waals surface area contributed by atoms with Crippen LogP contribution in [-0.2, 0) is 10.0 Å². The highest BCUT2D eigenvalue weighted by Gasteiger charge is 2.29. The minimum Gasteiger partial charge on any atom is -0.497 e. The molecule has 3 aromatic rings. The van der Waals surface area contributed by atoms with E-state index in [1.807, 2.05) is 18.2 Å². The molecule has 0 saturated carbocycles. The summed E-state index contributed by atoms with van der Waals surface area (Å²) in [5, 5.41) is 0.611. The number of aromatic nitrogens is 1. The highest BCUT2D eigenvalue weighted by Crippen LogP contribution is 2.32. The lowest BCUT2D eigenvalue weighted by atomic mass is 10.0. The van der Waals surface area contributed by atoms with Crippen molar-refractivity contribution in [2.24, 2.45) is 5.92 Å². The Morgan fingerprint density at radius 1 is 1.08 bits per heavy atom. The molecule has 1 fully saturated rings. The molecule has 0 N–H and O–H groups in total. The van der Waals surface area contributed by atoms with E-state index >= 15 is 0 Å². The zero-order valence-corrected chi connectivity index (χ0v) is 24.9. The van der Waals surface area contributed by atoms with E-state index in [1.165, 1.54) is 11.3 Å². The minimum atomic E-state index is -3.57. The van der Waals surface area contributed by atoms with Crippen LogP contribution in [0.25, 0.3) is 10.2 Å². The van der Waals surface area contributed by atoms with Gasteiger partial charge in [0.1, 0.15) is 5.75 Å². The van der Waals surface area contributed by atoms with Crippen molar-refractivity contribution in [2.45, 2.75) is 38.5 Å². The first-order valence-corrected chi connectivity index (χ1v) is 15.1. The first-order chi connectivity index (χ1) is 17.8. The number of rotatable bonds is 10. The maximum atomic E-state index is 13.7. The van der Waals surface area contributed by atoms with E-state index in [1.54, 1.807) is 40.6 Å². The van der Waals surface area contributed by atoms with E-state index < -0.39 is 10.0 Å². The number of thiazole rings is 1. The van der Waals surface area contributed by atoms with Crippen molar-refractivity contribution in [1.82, 2.24) is 14.2 Å². The molecular formula is C27H37ClN4O4S2. The number of nitrogens with zero attached hydrogens (tertiary/aromatic N) is 4. The van der Waals surface area contributed by atoms with Gasteiger partial charge in [0.2, 0.25) is 10.0 Å². The summed E-state index contributed by atoms with van der Waals surface area (Å²) in [6.07, 6.45) is 1.73. The topological polar surface area (TPSA) is 83.1 Å². The normalized spacial score (nSPS) is 15.0. The van der Waals surface area contributed by atoms with Gasteiger partial charge in [0.25, 0.3) is 5.91 Å². The van der Waals surface area contributed by atoms with E-state index in [0.717, 1.165) is 36.1 Å². The van der Waals surface area contributed by atoms with Crippen LogP contribution in [-0.4, -0.2) is 74.9 Å². The van der Waals surface area contributed by atoms with Crippen molar-refractivity contribution in [3.05, 3.63) is 48.0 Å². The number of carbonyl (C=O) groups is 1. The van der Waals surface area contributed by atoms with Crippen LogP contribution in [0.1, 0.15) is 44.0 Å². The Hall–Kier alpha value is -2.24. The maximum absolute atomic E-state index is 13.7. The number of ether oxygens (including phenoxy) is 1. The number of hydrogen-bond donors (Lipinski definition) is 0. The van der Waals surface area contributed by atoms with Crippen molar-refractivity contribution in [3.8, 4) is 5.75 Å². The van der Waals surface area contributed by atoms with Crippen molar-refractivity contribution in [3.63, 3.8) is 0 Å². The van der Waals surface area contributed by atoms with Gasteiger partial charge in [-0.15, -0.1) is 12.4 Å². The number of fused-ring (bicyclic) bond motifs is 1. The fourth-order valence-corrected chi connectivity index (χ4v) is 6.94. The molecule has 1 amide bonds. The number of carbonyl (C=O) groups excluding carboxylic acids is 1. The summed E-state index contributed by atoms with van der Waals surface area (Å²) in [6, 6.07) is 12.0. The molecule has 1 aliphatic heterocycles. The maximum Gasteiger partial charge on any atom is 0.260 e. The molecule has 0 atom stereocenters. The molecule has 2 aromatic carbocycles. The predicted molar refractivity (Wildman–Crippen MR) is 156 cm³/mol. The molecule has 8 nitrogen and oxygen atoms in total. The van der Waals surface area contributed by atoms with Gasteiger partial charge in [-0.2, -0.15) is 4.31 Å². The molecule has 0 aliphatic carbocycles. The van der Waals surface area contributed by atoms with Crippen LogP contribution in [0.3, 0.4) is 0 Å². The molecule has 0 unspecified atom stereocenters. The van der Waals surface area contributed by atoms with Crippen LogP contribution in [0.15, 0.2) is 47.4 Å². The summed E-state index contributed by atoms with van der Waals surface area (Å²) < 4.78 is 34.1. The number of halogens is 1. The number of amides is 1. The Morgan fingerprint density at radius 2 is 1.74 bits per heavy atom. The predicted octanol–water partition coefficient (Wildman–Crippen LogP) is 5.14. The average Bonchev–Trinajstić information content (AvgIpc) is 3.34. The molecule has 38 heavy (non-hydrogen) atoms. The number of sulfonamides is 1. The number of benzene rings is 2. The molecule has 1 aliphatic rings. The van der Waals surface area contributed by atoms with Crippen LogP contribution in [0.2, 0.25) is 0 Å². The van der Waals surface area contributed by atoms with E-state index in [-0.39, 0.29) is 23.2 Å². The molecule has 0 radical (unpaired) electrons. The SMILES string of the molecule is CCN(CC)CCN(C(=O)c1ccc(S(=O)(=O)N2CCC(C)CC2)cc1)c1nc2cc(OC)ccc2s1.Cl. The van der Waals surface area contributed by atoms with E-state index in [4.69, 9.17) is 9.72 Å². The summed E-state index contributed by atoms with van der Waals surface area (Å²) in [7, 11) is -1.96. The van der Waals surface area contributed by atoms with Crippen LogP contribution >= 0.6 is 23.7 Å². The van der Waals surface area contributed by atoms with Gasteiger partial charge in [-0.25, -0.2) is 13.4 Å². The molecule has 0 bridgehead atoms. The Labute approximate surface area is 236 Å². The third-order valence-corrected chi connectivity index (χ3v) is 10.0. The van der Waals surface area contributed by atoms with Crippen molar-refractivity contribution >= 4 is 55.0 Å². The third-order valence-electron chi connectivity index (χ3n) is 7.08. The van der Waals surface area contributed by atoms with Crippen LogP contribution in [0, 0.1) is 5.92 Å². The van der Waals surface area contributed by atoms with Gasteiger partial charge in [-0.05, 0) is 68.2 Å². The summed E-state index contributed by atoms with van der Waals surface area (Å²) in [5.74, 6) is 1.05. The summed E-state index contributed by atoms with van der Waals surface area (Å²) in [4.78, 5) is 22.6. The number of hydrogen-bond acceptors (Lipinski definition) is 7. The molecule has 1 saturated heterocycles. The van der Waals surface area contributed by atoms with Crippen molar-refractivity contribution < 1.29 is 17.9 Å². The second kappa shape index (κ2) is 13.2. The first-order valence-electron chi connectivity index (χ1n) is 12.9.